The SMILES string of the molecule is Cc1ccc(OCCOc2ccccc2/C=N\Nc2cc(N3CCCCC3)nc(N3CCCCC3)n2)cc1C. The Morgan fingerprint density at radius 3 is 2.28 bits per heavy atom. The van der Waals surface area contributed by atoms with Crippen LogP contribution in [-0.2, 0) is 0 Å². The van der Waals surface area contributed by atoms with Crippen molar-refractivity contribution in [3.8, 4) is 11.5 Å². The third kappa shape index (κ3) is 7.40. The first kappa shape index (κ1) is 26.8. The van der Waals surface area contributed by atoms with E-state index in [1.165, 1.54) is 49.7 Å². The summed E-state index contributed by atoms with van der Waals surface area (Å²) >= 11 is 0. The molecular formula is C31H40N6O2. The number of para-hydroxylation sites is 1. The van der Waals surface area contributed by atoms with Gasteiger partial charge in [0.15, 0.2) is 5.82 Å². The number of piperidine rings is 2. The van der Waals surface area contributed by atoms with Gasteiger partial charge in [0.25, 0.3) is 0 Å². The Balaban J connectivity index is 1.23. The van der Waals surface area contributed by atoms with E-state index in [0.29, 0.717) is 19.0 Å². The van der Waals surface area contributed by atoms with Gasteiger partial charge in [0.2, 0.25) is 5.95 Å². The number of aromatic nitrogens is 2. The smallest absolute Gasteiger partial charge is 0.229 e. The van der Waals surface area contributed by atoms with Crippen molar-refractivity contribution in [1.29, 1.82) is 0 Å². The lowest BCUT2D eigenvalue weighted by Gasteiger charge is -2.31. The Hall–Kier alpha value is -3.81. The van der Waals surface area contributed by atoms with Crippen molar-refractivity contribution in [2.75, 3.05) is 54.6 Å². The van der Waals surface area contributed by atoms with Crippen LogP contribution in [0.1, 0.15) is 55.2 Å². The van der Waals surface area contributed by atoms with Gasteiger partial charge in [0.05, 0.1) is 6.21 Å². The van der Waals surface area contributed by atoms with Crippen molar-refractivity contribution in [3.05, 3.63) is 65.2 Å². The normalized spacial score (nSPS) is 15.9. The van der Waals surface area contributed by atoms with Crippen LogP contribution in [0, 0.1) is 13.8 Å². The highest BCUT2D eigenvalue weighted by molar-refractivity contribution is 5.84. The number of hydrogen-bond acceptors (Lipinski definition) is 8. The number of anilines is 3. The van der Waals surface area contributed by atoms with Crippen LogP contribution in [0.15, 0.2) is 53.6 Å². The lowest BCUT2D eigenvalue weighted by atomic mass is 10.1. The zero-order chi connectivity index (χ0) is 26.9. The van der Waals surface area contributed by atoms with Gasteiger partial charge in [-0.05, 0) is 87.8 Å². The van der Waals surface area contributed by atoms with Gasteiger partial charge in [0, 0.05) is 37.8 Å². The molecule has 1 N–H and O–H groups in total. The van der Waals surface area contributed by atoms with Gasteiger partial charge in [-0.15, -0.1) is 0 Å². The van der Waals surface area contributed by atoms with Crippen LogP contribution in [0.4, 0.5) is 17.6 Å². The van der Waals surface area contributed by atoms with Crippen LogP contribution in [0.25, 0.3) is 0 Å². The zero-order valence-electron chi connectivity index (χ0n) is 23.2. The van der Waals surface area contributed by atoms with Gasteiger partial charge in [-0.2, -0.15) is 15.1 Å². The van der Waals surface area contributed by atoms with E-state index in [9.17, 15) is 0 Å². The van der Waals surface area contributed by atoms with E-state index < -0.39 is 0 Å². The van der Waals surface area contributed by atoms with Gasteiger partial charge in [-0.3, -0.25) is 5.43 Å². The number of nitrogens with one attached hydrogen (secondary N) is 1. The highest BCUT2D eigenvalue weighted by Gasteiger charge is 2.19. The molecule has 0 radical (unpaired) electrons. The summed E-state index contributed by atoms with van der Waals surface area (Å²) in [5, 5.41) is 4.53. The first-order valence-corrected chi connectivity index (χ1v) is 14.3. The molecule has 0 saturated carbocycles. The van der Waals surface area contributed by atoms with Crippen molar-refractivity contribution in [3.63, 3.8) is 0 Å². The number of benzene rings is 2. The molecular weight excluding hydrogens is 488 g/mol. The summed E-state index contributed by atoms with van der Waals surface area (Å²) < 4.78 is 11.9. The summed E-state index contributed by atoms with van der Waals surface area (Å²) in [5.74, 6) is 4.11. The van der Waals surface area contributed by atoms with Crippen molar-refractivity contribution >= 4 is 23.8 Å². The van der Waals surface area contributed by atoms with Crippen molar-refractivity contribution < 1.29 is 9.47 Å². The van der Waals surface area contributed by atoms with Crippen molar-refractivity contribution in [2.24, 2.45) is 5.10 Å². The quantitative estimate of drug-likeness (QED) is 0.197. The summed E-state index contributed by atoms with van der Waals surface area (Å²) in [4.78, 5) is 14.4. The molecule has 2 aliphatic rings. The average Bonchev–Trinajstić information content (AvgIpc) is 2.98. The summed E-state index contributed by atoms with van der Waals surface area (Å²) in [5.41, 5.74) is 6.53. The van der Waals surface area contributed by atoms with Crippen LogP contribution in [0.2, 0.25) is 0 Å². The first-order valence-electron chi connectivity index (χ1n) is 14.3. The Kier molecular flexibility index (Phi) is 9.14. The topological polar surface area (TPSA) is 75.1 Å². The molecule has 0 aliphatic carbocycles. The Bertz CT molecular complexity index is 1220. The summed E-state index contributed by atoms with van der Waals surface area (Å²) in [6.45, 7) is 9.18. The third-order valence-corrected chi connectivity index (χ3v) is 7.41. The molecule has 2 fully saturated rings. The van der Waals surface area contributed by atoms with E-state index in [-0.39, 0.29) is 0 Å². The van der Waals surface area contributed by atoms with Crippen LogP contribution in [0.3, 0.4) is 0 Å². The molecule has 0 atom stereocenters. The van der Waals surface area contributed by atoms with Crippen molar-refractivity contribution in [1.82, 2.24) is 9.97 Å². The lowest BCUT2D eigenvalue weighted by Crippen LogP contribution is -2.33. The molecule has 8 nitrogen and oxygen atoms in total. The minimum absolute atomic E-state index is 0.440. The molecule has 206 valence electrons. The first-order chi connectivity index (χ1) is 19.2. The van der Waals surface area contributed by atoms with Crippen LogP contribution in [0.5, 0.6) is 11.5 Å². The molecule has 1 aromatic heterocycles. The molecule has 2 aromatic carbocycles. The van der Waals surface area contributed by atoms with Crippen LogP contribution >= 0.6 is 0 Å². The molecule has 0 amide bonds. The van der Waals surface area contributed by atoms with Crippen LogP contribution in [-0.4, -0.2) is 55.6 Å². The highest BCUT2D eigenvalue weighted by atomic mass is 16.5. The highest BCUT2D eigenvalue weighted by Crippen LogP contribution is 2.25. The Morgan fingerprint density at radius 1 is 0.795 bits per heavy atom. The van der Waals surface area contributed by atoms with E-state index in [4.69, 9.17) is 19.4 Å². The molecule has 0 bridgehead atoms. The fourth-order valence-electron chi connectivity index (χ4n) is 5.00. The zero-order valence-corrected chi connectivity index (χ0v) is 23.2. The van der Waals surface area contributed by atoms with Crippen molar-refractivity contribution in [2.45, 2.75) is 52.4 Å². The maximum absolute atomic E-state index is 6.03. The predicted molar refractivity (Wildman–Crippen MR) is 159 cm³/mol. The van der Waals surface area contributed by atoms with E-state index >= 15 is 0 Å². The monoisotopic (exact) mass is 528 g/mol. The molecule has 0 spiro atoms. The van der Waals surface area contributed by atoms with Gasteiger partial charge in [-0.25, -0.2) is 0 Å². The summed E-state index contributed by atoms with van der Waals surface area (Å²) in [7, 11) is 0. The fraction of sp³-hybridized carbons (Fsp3) is 0.452. The Labute approximate surface area is 232 Å². The molecule has 2 aliphatic heterocycles. The van der Waals surface area contributed by atoms with E-state index in [1.54, 1.807) is 6.21 Å². The largest absolute Gasteiger partial charge is 0.490 e. The maximum atomic E-state index is 6.03. The maximum Gasteiger partial charge on any atom is 0.229 e. The summed E-state index contributed by atoms with van der Waals surface area (Å²) in [6, 6.07) is 16.0. The van der Waals surface area contributed by atoms with Gasteiger partial charge in [0.1, 0.15) is 30.5 Å². The second kappa shape index (κ2) is 13.3. The standard InChI is InChI=1S/C31H40N6O2/c1-24-13-14-27(21-25(24)2)38-19-20-39-28-12-6-5-11-26(28)23-32-35-29-22-30(36-15-7-3-8-16-36)34-31(33-29)37-17-9-4-10-18-37/h5-6,11-14,21-23H,3-4,7-10,15-20H2,1-2H3,(H,33,34,35)/b32-23-. The minimum Gasteiger partial charge on any atom is -0.490 e. The van der Waals surface area contributed by atoms with E-state index in [1.807, 2.05) is 36.4 Å². The fourth-order valence-corrected chi connectivity index (χ4v) is 5.00. The van der Waals surface area contributed by atoms with Gasteiger partial charge >= 0.3 is 0 Å². The molecule has 0 unspecified atom stereocenters. The van der Waals surface area contributed by atoms with E-state index in [2.05, 4.69) is 46.3 Å². The number of aryl methyl sites for hydroxylation is 2. The second-order valence-corrected chi connectivity index (χ2v) is 10.4. The molecule has 39 heavy (non-hydrogen) atoms. The van der Waals surface area contributed by atoms with Crippen LogP contribution < -0.4 is 24.7 Å². The molecule has 3 aromatic rings. The predicted octanol–water partition coefficient (Wildman–Crippen LogP) is 5.98. The van der Waals surface area contributed by atoms with E-state index in [0.717, 1.165) is 55.0 Å². The number of hydrogen-bond donors (Lipinski definition) is 1. The molecule has 8 heteroatoms. The third-order valence-electron chi connectivity index (χ3n) is 7.41. The molecule has 3 heterocycles. The number of nitrogens with zero attached hydrogens (tertiary/aromatic N) is 5. The second-order valence-electron chi connectivity index (χ2n) is 10.4. The minimum atomic E-state index is 0.440. The average molecular weight is 529 g/mol. The molecule has 2 saturated heterocycles. The number of hydrazone groups is 1. The van der Waals surface area contributed by atoms with Gasteiger partial charge < -0.3 is 19.3 Å². The lowest BCUT2D eigenvalue weighted by molar-refractivity contribution is 0.217. The Morgan fingerprint density at radius 2 is 1.51 bits per heavy atom. The van der Waals surface area contributed by atoms with Gasteiger partial charge in [-0.1, -0.05) is 18.2 Å². The summed E-state index contributed by atoms with van der Waals surface area (Å²) in [6.07, 6.45) is 9.12. The molecule has 5 rings (SSSR count). The number of ether oxygens (including phenoxy) is 2. The number of rotatable bonds is 10.